The molecule has 0 aliphatic heterocycles. The van der Waals surface area contributed by atoms with Crippen LogP contribution in [0.4, 0.5) is 34.1 Å². The van der Waals surface area contributed by atoms with E-state index in [1.807, 2.05) is 0 Å². The van der Waals surface area contributed by atoms with Gasteiger partial charge in [-0.3, -0.25) is 0 Å². The predicted octanol–water partition coefficient (Wildman–Crippen LogP) is 18.8. The Morgan fingerprint density at radius 1 is 0.176 bits per heavy atom. The highest BCUT2D eigenvalue weighted by atomic mass is 15.2. The molecular formula is C66H46N2. The Hall–Kier alpha value is -8.98. The molecule has 0 N–H and O–H groups in total. The molecule has 0 atom stereocenters. The maximum Gasteiger partial charge on any atom is 0.0463 e. The van der Waals surface area contributed by atoms with Crippen molar-refractivity contribution in [3.05, 3.63) is 279 Å². The molecule has 2 nitrogen and oxygen atoms in total. The van der Waals surface area contributed by atoms with Gasteiger partial charge in [0.15, 0.2) is 0 Å². The van der Waals surface area contributed by atoms with E-state index in [2.05, 4.69) is 289 Å². The van der Waals surface area contributed by atoms with E-state index in [0.29, 0.717) is 0 Å². The van der Waals surface area contributed by atoms with Gasteiger partial charge in [-0.2, -0.15) is 0 Å². The van der Waals surface area contributed by atoms with Gasteiger partial charge in [0.2, 0.25) is 0 Å². The minimum atomic E-state index is 1.07. The summed E-state index contributed by atoms with van der Waals surface area (Å²) >= 11 is 0. The summed E-state index contributed by atoms with van der Waals surface area (Å²) in [6.45, 7) is 0. The van der Waals surface area contributed by atoms with Crippen LogP contribution in [0.2, 0.25) is 0 Å². The molecule has 12 rings (SSSR count). The van der Waals surface area contributed by atoms with E-state index < -0.39 is 0 Å². The van der Waals surface area contributed by atoms with Crippen molar-refractivity contribution in [3.8, 4) is 44.5 Å². The summed E-state index contributed by atoms with van der Waals surface area (Å²) in [5.41, 5.74) is 16.3. The Balaban J connectivity index is 0.942. The Bertz CT molecular complexity index is 3580. The van der Waals surface area contributed by atoms with E-state index in [0.717, 1.165) is 34.1 Å². The lowest BCUT2D eigenvalue weighted by Crippen LogP contribution is -2.12. The molecule has 0 radical (unpaired) electrons. The summed E-state index contributed by atoms with van der Waals surface area (Å²) in [5, 5.41) is 7.51. The standard InChI is InChI=1S/C66H46N2/c1-4-18-51(19-5-1)65-61-26-12-14-28-63(61)66(64-29-15-13-27-62(64)65)52-37-41-56(42-38-52)68(58-45-43-57(44-46-58)67(53-21-6-2-7-22-53)54-23-8-3-9-24-54)55-39-35-48(36-40-55)47-31-33-50(34-32-47)60-30-16-20-49-17-10-11-25-59(49)60/h1-46H. The maximum absolute atomic E-state index is 2.37. The van der Waals surface area contributed by atoms with E-state index >= 15 is 0 Å². The monoisotopic (exact) mass is 866 g/mol. The van der Waals surface area contributed by atoms with Crippen molar-refractivity contribution >= 4 is 66.4 Å². The zero-order chi connectivity index (χ0) is 45.2. The van der Waals surface area contributed by atoms with Gasteiger partial charge in [-0.25, -0.2) is 0 Å². The molecule has 0 aliphatic rings. The van der Waals surface area contributed by atoms with Gasteiger partial charge in [0, 0.05) is 34.1 Å². The fourth-order valence-corrected chi connectivity index (χ4v) is 10.1. The van der Waals surface area contributed by atoms with Gasteiger partial charge in [-0.05, 0) is 150 Å². The quantitative estimate of drug-likeness (QED) is 0.126. The highest BCUT2D eigenvalue weighted by molar-refractivity contribution is 6.21. The number of benzene rings is 12. The van der Waals surface area contributed by atoms with Crippen LogP contribution in [0.25, 0.3) is 76.8 Å². The summed E-state index contributed by atoms with van der Waals surface area (Å²) in [5.74, 6) is 0. The Morgan fingerprint density at radius 2 is 0.471 bits per heavy atom. The fourth-order valence-electron chi connectivity index (χ4n) is 10.1. The van der Waals surface area contributed by atoms with Crippen LogP contribution in [0, 0.1) is 0 Å². The van der Waals surface area contributed by atoms with Crippen LogP contribution in [0.15, 0.2) is 279 Å². The van der Waals surface area contributed by atoms with Crippen molar-refractivity contribution in [1.29, 1.82) is 0 Å². The molecule has 0 spiro atoms. The van der Waals surface area contributed by atoms with Crippen LogP contribution in [0.5, 0.6) is 0 Å². The summed E-state index contributed by atoms with van der Waals surface area (Å²) in [4.78, 5) is 4.67. The lowest BCUT2D eigenvalue weighted by molar-refractivity contribution is 1.26. The van der Waals surface area contributed by atoms with Gasteiger partial charge < -0.3 is 9.80 Å². The summed E-state index contributed by atoms with van der Waals surface area (Å²) in [7, 11) is 0. The van der Waals surface area contributed by atoms with E-state index in [9.17, 15) is 0 Å². The molecular weight excluding hydrogens is 821 g/mol. The van der Waals surface area contributed by atoms with Gasteiger partial charge in [0.25, 0.3) is 0 Å². The molecule has 12 aromatic rings. The van der Waals surface area contributed by atoms with E-state index in [-0.39, 0.29) is 0 Å². The van der Waals surface area contributed by atoms with Gasteiger partial charge in [0.05, 0.1) is 0 Å². The minimum Gasteiger partial charge on any atom is -0.311 e. The van der Waals surface area contributed by atoms with Crippen LogP contribution < -0.4 is 9.80 Å². The van der Waals surface area contributed by atoms with Crippen LogP contribution >= 0.6 is 0 Å². The summed E-state index contributed by atoms with van der Waals surface area (Å²) in [6, 6.07) is 101. The second kappa shape index (κ2) is 17.8. The van der Waals surface area contributed by atoms with Gasteiger partial charge in [-0.15, -0.1) is 0 Å². The zero-order valence-corrected chi connectivity index (χ0v) is 37.5. The Morgan fingerprint density at radius 3 is 0.926 bits per heavy atom. The third kappa shape index (κ3) is 7.54. The van der Waals surface area contributed by atoms with Crippen molar-refractivity contribution in [2.75, 3.05) is 9.80 Å². The highest BCUT2D eigenvalue weighted by Crippen LogP contribution is 2.45. The molecule has 0 fully saturated rings. The summed E-state index contributed by atoms with van der Waals surface area (Å²) < 4.78 is 0. The smallest absolute Gasteiger partial charge is 0.0463 e. The number of hydrogen-bond donors (Lipinski definition) is 0. The van der Waals surface area contributed by atoms with Crippen LogP contribution in [0.3, 0.4) is 0 Å². The first-order valence-electron chi connectivity index (χ1n) is 23.3. The van der Waals surface area contributed by atoms with Crippen molar-refractivity contribution in [2.45, 2.75) is 0 Å². The molecule has 0 amide bonds. The Kier molecular flexibility index (Phi) is 10.6. The molecule has 0 heterocycles. The number of anilines is 6. The molecule has 0 saturated carbocycles. The second-order valence-corrected chi connectivity index (χ2v) is 17.3. The van der Waals surface area contributed by atoms with Crippen LogP contribution in [-0.4, -0.2) is 0 Å². The van der Waals surface area contributed by atoms with Crippen LogP contribution in [-0.2, 0) is 0 Å². The first-order valence-corrected chi connectivity index (χ1v) is 23.3. The molecule has 0 saturated heterocycles. The molecule has 12 aromatic carbocycles. The highest BCUT2D eigenvalue weighted by Gasteiger charge is 2.19. The normalized spacial score (nSPS) is 11.2. The average Bonchev–Trinajstić information content (AvgIpc) is 3.42. The van der Waals surface area contributed by atoms with Crippen molar-refractivity contribution in [3.63, 3.8) is 0 Å². The molecule has 0 aliphatic carbocycles. The number of fused-ring (bicyclic) bond motifs is 3. The number of para-hydroxylation sites is 2. The van der Waals surface area contributed by atoms with E-state index in [4.69, 9.17) is 0 Å². The van der Waals surface area contributed by atoms with Gasteiger partial charge in [0.1, 0.15) is 0 Å². The minimum absolute atomic E-state index is 1.07. The third-order valence-corrected chi connectivity index (χ3v) is 13.2. The number of nitrogens with zero attached hydrogens (tertiary/aromatic N) is 2. The van der Waals surface area contributed by atoms with E-state index in [1.165, 1.54) is 76.8 Å². The fraction of sp³-hybridized carbons (Fsp3) is 0. The molecule has 0 bridgehead atoms. The zero-order valence-electron chi connectivity index (χ0n) is 37.5. The molecule has 0 unspecified atom stereocenters. The predicted molar refractivity (Wildman–Crippen MR) is 290 cm³/mol. The average molecular weight is 867 g/mol. The molecule has 2 heteroatoms. The lowest BCUT2D eigenvalue weighted by Gasteiger charge is -2.28. The molecule has 68 heavy (non-hydrogen) atoms. The van der Waals surface area contributed by atoms with Gasteiger partial charge >= 0.3 is 0 Å². The molecule has 320 valence electrons. The van der Waals surface area contributed by atoms with E-state index in [1.54, 1.807) is 0 Å². The Labute approximate surface area is 397 Å². The van der Waals surface area contributed by atoms with Crippen LogP contribution in [0.1, 0.15) is 0 Å². The number of hydrogen-bond acceptors (Lipinski definition) is 2. The SMILES string of the molecule is c1ccc(-c2c3ccccc3c(-c3ccc(N(c4ccc(-c5ccc(-c6cccc7ccccc67)cc5)cc4)c4ccc(N(c5ccccc5)c5ccccc5)cc4)cc3)c3ccccc23)cc1. The topological polar surface area (TPSA) is 6.48 Å². The summed E-state index contributed by atoms with van der Waals surface area (Å²) in [6.07, 6.45) is 0. The van der Waals surface area contributed by atoms with Gasteiger partial charge in [-0.1, -0.05) is 206 Å². The first kappa shape index (κ1) is 40.5. The second-order valence-electron chi connectivity index (χ2n) is 17.3. The first-order chi connectivity index (χ1) is 33.7. The maximum atomic E-state index is 2.37. The largest absolute Gasteiger partial charge is 0.311 e. The van der Waals surface area contributed by atoms with Crippen molar-refractivity contribution in [2.24, 2.45) is 0 Å². The molecule has 0 aromatic heterocycles. The number of rotatable bonds is 10. The lowest BCUT2D eigenvalue weighted by atomic mass is 9.86. The van der Waals surface area contributed by atoms with Crippen molar-refractivity contribution < 1.29 is 0 Å². The van der Waals surface area contributed by atoms with Crippen molar-refractivity contribution in [1.82, 2.24) is 0 Å². The third-order valence-electron chi connectivity index (χ3n) is 13.2.